The maximum Gasteiger partial charge on any atom is 1.00 e. The molecule has 0 aromatic carbocycles. The Bertz CT molecular complexity index is 20.9. The second-order valence-electron chi connectivity index (χ2n) is 0.390. The molecule has 0 aromatic heterocycles. The molecule has 0 aromatic rings. The van der Waals surface area contributed by atoms with Crippen molar-refractivity contribution in [2.45, 2.75) is 0 Å². The quantitative estimate of drug-likeness (QED) is 0.207. The van der Waals surface area contributed by atoms with Crippen LogP contribution in [0.2, 0.25) is 0 Å². The summed E-state index contributed by atoms with van der Waals surface area (Å²) < 4.78 is 0. The van der Waals surface area contributed by atoms with Gasteiger partial charge in [0.2, 0.25) is 0 Å². The van der Waals surface area contributed by atoms with E-state index in [0.29, 0.717) is 5.88 Å². The summed E-state index contributed by atoms with van der Waals surface area (Å²) in [5, 5.41) is 0. The third kappa shape index (κ3) is 11.2. The van der Waals surface area contributed by atoms with Crippen LogP contribution in [0.4, 0.5) is 0 Å². The number of hydrogen-bond donors (Lipinski definition) is 0. The Labute approximate surface area is 59.5 Å². The maximum absolute atomic E-state index is 5.01. The molecule has 0 rings (SSSR count). The Morgan fingerprint density at radius 1 is 1.80 bits per heavy atom. The fraction of sp³-hybridized carbons (Fsp3) is 0.333. The van der Waals surface area contributed by atoms with Crippen LogP contribution in [0.3, 0.4) is 0 Å². The van der Waals surface area contributed by atoms with Gasteiger partial charge in [-0.2, -0.15) is 0 Å². The first-order valence-corrected chi connectivity index (χ1v) is 1.54. The van der Waals surface area contributed by atoms with Crippen molar-refractivity contribution < 1.29 is 29.6 Å². The van der Waals surface area contributed by atoms with E-state index in [1.54, 1.807) is 0 Å². The molecular formula is C3H4ClNa. The van der Waals surface area contributed by atoms with Gasteiger partial charge >= 0.3 is 29.6 Å². The van der Waals surface area contributed by atoms with Crippen LogP contribution >= 0.6 is 11.6 Å². The van der Waals surface area contributed by atoms with Gasteiger partial charge in [0.1, 0.15) is 0 Å². The van der Waals surface area contributed by atoms with Crippen molar-refractivity contribution in [2.75, 3.05) is 5.88 Å². The minimum atomic E-state index is 0. The van der Waals surface area contributed by atoms with E-state index in [-0.39, 0.29) is 29.6 Å². The van der Waals surface area contributed by atoms with Crippen molar-refractivity contribution in [3.05, 3.63) is 12.7 Å². The predicted molar refractivity (Wildman–Crippen MR) is 19.6 cm³/mol. The summed E-state index contributed by atoms with van der Waals surface area (Å²) in [6, 6.07) is 0. The Balaban J connectivity index is 0. The summed E-state index contributed by atoms with van der Waals surface area (Å²) in [6.07, 6.45) is 1.39. The van der Waals surface area contributed by atoms with E-state index in [1.807, 2.05) is 0 Å². The molecule has 0 aliphatic rings. The molecule has 24 valence electrons. The number of rotatable bonds is 1. The van der Waals surface area contributed by atoms with Crippen LogP contribution in [-0.2, 0) is 0 Å². The van der Waals surface area contributed by atoms with Gasteiger partial charge in [-0.25, -0.2) is 0 Å². The fourth-order valence-corrected chi connectivity index (χ4v) is 0. The first-order valence-electron chi connectivity index (χ1n) is 1.01. The number of alkyl halides is 1. The van der Waals surface area contributed by atoms with Crippen LogP contribution in [0.25, 0.3) is 0 Å². The van der Waals surface area contributed by atoms with Crippen LogP contribution < -0.4 is 29.6 Å². The van der Waals surface area contributed by atoms with Crippen molar-refractivity contribution in [3.63, 3.8) is 0 Å². The number of halogens is 1. The molecule has 2 heteroatoms. The molecule has 0 saturated carbocycles. The average molecular weight is 98.5 g/mol. The van der Waals surface area contributed by atoms with Crippen molar-refractivity contribution in [2.24, 2.45) is 0 Å². The molecule has 0 unspecified atom stereocenters. The predicted octanol–water partition coefficient (Wildman–Crippen LogP) is -1.78. The van der Waals surface area contributed by atoms with E-state index in [2.05, 4.69) is 0 Å². The van der Waals surface area contributed by atoms with E-state index in [9.17, 15) is 0 Å². The van der Waals surface area contributed by atoms with Crippen LogP contribution in [0.1, 0.15) is 0 Å². The van der Waals surface area contributed by atoms with Crippen LogP contribution in [0.5, 0.6) is 0 Å². The van der Waals surface area contributed by atoms with Gasteiger partial charge in [0.25, 0.3) is 0 Å². The molecule has 5 heavy (non-hydrogen) atoms. The summed E-state index contributed by atoms with van der Waals surface area (Å²) >= 11 is 5.01. The Morgan fingerprint density at radius 2 is 2.00 bits per heavy atom. The summed E-state index contributed by atoms with van der Waals surface area (Å²) in [5.74, 6) is 0.444. The molecule has 0 radical (unpaired) electrons. The molecule has 0 aliphatic carbocycles. The largest absolute Gasteiger partial charge is 1.00 e. The molecule has 0 atom stereocenters. The van der Waals surface area contributed by atoms with Gasteiger partial charge < -0.3 is 6.58 Å². The van der Waals surface area contributed by atoms with E-state index in [4.69, 9.17) is 18.2 Å². The monoisotopic (exact) mass is 98.0 g/mol. The Morgan fingerprint density at radius 3 is 2.00 bits per heavy atom. The third-order valence-corrected chi connectivity index (χ3v) is 0.267. The van der Waals surface area contributed by atoms with Gasteiger partial charge in [-0.3, -0.25) is 6.08 Å². The topological polar surface area (TPSA) is 0 Å². The number of allylic oxidation sites excluding steroid dienone is 1. The molecule has 0 amide bonds. The minimum absolute atomic E-state index is 0. The molecular weight excluding hydrogens is 94.5 g/mol. The fourth-order valence-electron chi connectivity index (χ4n) is 0. The standard InChI is InChI=1S/C3H4Cl.Na/c1-2-3-4;/h1-2H,3H2;/q-1;+1. The van der Waals surface area contributed by atoms with Crippen LogP contribution in [-0.4, -0.2) is 5.88 Å². The van der Waals surface area contributed by atoms with Gasteiger partial charge in [-0.05, 0) is 0 Å². The molecule has 0 spiro atoms. The van der Waals surface area contributed by atoms with E-state index in [0.717, 1.165) is 0 Å². The van der Waals surface area contributed by atoms with Gasteiger partial charge in [0.05, 0.1) is 0 Å². The second-order valence-corrected chi connectivity index (χ2v) is 0.699. The zero-order valence-electron chi connectivity index (χ0n) is 3.24. The van der Waals surface area contributed by atoms with Crippen LogP contribution in [0.15, 0.2) is 6.08 Å². The van der Waals surface area contributed by atoms with E-state index in [1.165, 1.54) is 6.08 Å². The van der Waals surface area contributed by atoms with Gasteiger partial charge in [-0.15, -0.1) is 11.6 Å². The van der Waals surface area contributed by atoms with E-state index >= 15 is 0 Å². The normalized spacial score (nSPS) is 5.00. The summed E-state index contributed by atoms with van der Waals surface area (Å²) in [7, 11) is 0. The van der Waals surface area contributed by atoms with Gasteiger partial charge in [-0.1, -0.05) is 0 Å². The smallest absolute Gasteiger partial charge is 0.517 e. The molecule has 0 saturated heterocycles. The van der Waals surface area contributed by atoms with Gasteiger partial charge in [0.15, 0.2) is 0 Å². The first kappa shape index (κ1) is 9.39. The van der Waals surface area contributed by atoms with Crippen molar-refractivity contribution in [1.82, 2.24) is 0 Å². The van der Waals surface area contributed by atoms with Crippen molar-refractivity contribution in [1.29, 1.82) is 0 Å². The zero-order chi connectivity index (χ0) is 3.41. The second kappa shape index (κ2) is 8.90. The Hall–Kier alpha value is 1.03. The summed E-state index contributed by atoms with van der Waals surface area (Å²) in [5.41, 5.74) is 0. The summed E-state index contributed by atoms with van der Waals surface area (Å²) in [4.78, 5) is 0. The number of hydrogen-bond acceptors (Lipinski definition) is 0. The van der Waals surface area contributed by atoms with E-state index < -0.39 is 0 Å². The molecule has 0 nitrogen and oxygen atoms in total. The van der Waals surface area contributed by atoms with Gasteiger partial charge in [0, 0.05) is 5.88 Å². The molecule has 0 aliphatic heterocycles. The first-order chi connectivity index (χ1) is 1.91. The SMILES string of the molecule is [CH-]=CCCl.[Na+]. The maximum atomic E-state index is 5.01. The minimum Gasteiger partial charge on any atom is -0.517 e. The van der Waals surface area contributed by atoms with Crippen molar-refractivity contribution in [3.8, 4) is 0 Å². The zero-order valence-corrected chi connectivity index (χ0v) is 6.00. The molecule has 0 bridgehead atoms. The van der Waals surface area contributed by atoms with Crippen LogP contribution in [0, 0.1) is 6.58 Å². The average Bonchev–Trinajstić information content (AvgIpc) is 1.37. The Kier molecular flexibility index (Phi) is 16.7. The molecule has 0 heterocycles. The molecule has 0 fully saturated rings. The third-order valence-electron chi connectivity index (χ3n) is 0.0891. The van der Waals surface area contributed by atoms with Crippen molar-refractivity contribution >= 4 is 11.6 Å². The summed E-state index contributed by atoms with van der Waals surface area (Å²) in [6.45, 7) is 4.77. The molecule has 0 N–H and O–H groups in total.